The van der Waals surface area contributed by atoms with Gasteiger partial charge in [-0.15, -0.1) is 0 Å². The second-order valence-electron chi connectivity index (χ2n) is 9.20. The molecule has 35 heavy (non-hydrogen) atoms. The largest absolute Gasteiger partial charge is 0.416 e. The van der Waals surface area contributed by atoms with Crippen LogP contribution in [0.5, 0.6) is 0 Å². The molecule has 1 saturated carbocycles. The van der Waals surface area contributed by atoms with Crippen LogP contribution in [0.1, 0.15) is 59.5 Å². The molecule has 1 aliphatic rings. The quantitative estimate of drug-likeness (QED) is 0.321. The van der Waals surface area contributed by atoms with Crippen LogP contribution in [0.15, 0.2) is 48.5 Å². The van der Waals surface area contributed by atoms with Crippen molar-refractivity contribution in [3.05, 3.63) is 76.5 Å². The molecule has 1 heterocycles. The van der Waals surface area contributed by atoms with Gasteiger partial charge in [-0.05, 0) is 66.8 Å². The Labute approximate surface area is 199 Å². The van der Waals surface area contributed by atoms with E-state index in [1.54, 1.807) is 0 Å². The number of rotatable bonds is 9. The van der Waals surface area contributed by atoms with Crippen molar-refractivity contribution in [3.63, 3.8) is 0 Å². The molecule has 4 rings (SSSR count). The maximum atomic E-state index is 13.2. The summed E-state index contributed by atoms with van der Waals surface area (Å²) in [5.74, 6) is 0.797. The lowest BCUT2D eigenvalue weighted by atomic mass is 9.90. The Balaban J connectivity index is 1.60. The van der Waals surface area contributed by atoms with Crippen LogP contribution < -0.4 is 11.1 Å². The summed E-state index contributed by atoms with van der Waals surface area (Å²) in [6.07, 6.45) is -5.65. The number of hydrogen-bond donors (Lipinski definition) is 2. The van der Waals surface area contributed by atoms with E-state index < -0.39 is 23.5 Å². The third kappa shape index (κ3) is 6.52. The Kier molecular flexibility index (Phi) is 7.38. The number of benzene rings is 2. The van der Waals surface area contributed by atoms with Gasteiger partial charge >= 0.3 is 12.4 Å². The molecule has 1 aliphatic carbocycles. The van der Waals surface area contributed by atoms with Gasteiger partial charge in [-0.25, -0.2) is 0 Å². The van der Waals surface area contributed by atoms with Gasteiger partial charge in [0.25, 0.3) is 0 Å². The Hall–Kier alpha value is -2.65. The molecule has 1 unspecified atom stereocenters. The minimum Gasteiger partial charge on any atom is -0.330 e. The molecule has 0 spiro atoms. The summed E-state index contributed by atoms with van der Waals surface area (Å²) < 4.78 is 79.1. The van der Waals surface area contributed by atoms with Crippen molar-refractivity contribution in [2.24, 2.45) is 11.7 Å². The maximum absolute atomic E-state index is 13.2. The summed E-state index contributed by atoms with van der Waals surface area (Å²) in [6.45, 7) is 0.614. The standard InChI is InChI=1S/C26H27F6N3/c27-25(28,29)21-10-17(11-22(13-21)26(30,31)32)14-34-15-20-12-18-3-1-2-4-23(18)35-24(20)19(7-8-33)9-16-5-6-16/h1-4,10-13,16,19,34H,5-9,14-15,33H2. The maximum Gasteiger partial charge on any atom is 0.416 e. The molecule has 1 atom stereocenters. The summed E-state index contributed by atoms with van der Waals surface area (Å²) in [4.78, 5) is 4.90. The Morgan fingerprint density at radius 1 is 0.914 bits per heavy atom. The van der Waals surface area contributed by atoms with Crippen LogP contribution in [0.3, 0.4) is 0 Å². The predicted octanol–water partition coefficient (Wildman–Crippen LogP) is 6.79. The smallest absolute Gasteiger partial charge is 0.330 e. The number of nitrogens with one attached hydrogen (secondary N) is 1. The first kappa shape index (κ1) is 25.4. The van der Waals surface area contributed by atoms with Crippen molar-refractivity contribution in [1.29, 1.82) is 0 Å². The molecule has 0 amide bonds. The van der Waals surface area contributed by atoms with E-state index in [0.717, 1.165) is 47.1 Å². The summed E-state index contributed by atoms with van der Waals surface area (Å²) in [6, 6.07) is 11.3. The van der Waals surface area contributed by atoms with Crippen LogP contribution in [0.4, 0.5) is 26.3 Å². The van der Waals surface area contributed by atoms with Crippen molar-refractivity contribution in [3.8, 4) is 0 Å². The van der Waals surface area contributed by atoms with Crippen molar-refractivity contribution in [2.75, 3.05) is 6.54 Å². The van der Waals surface area contributed by atoms with Crippen LogP contribution in [0.25, 0.3) is 10.9 Å². The molecule has 0 saturated heterocycles. The monoisotopic (exact) mass is 495 g/mol. The van der Waals surface area contributed by atoms with Gasteiger partial charge in [0.2, 0.25) is 0 Å². The molecule has 1 fully saturated rings. The summed E-state index contributed by atoms with van der Waals surface area (Å²) >= 11 is 0. The zero-order valence-electron chi connectivity index (χ0n) is 19.0. The summed E-state index contributed by atoms with van der Waals surface area (Å²) in [7, 11) is 0. The third-order valence-electron chi connectivity index (χ3n) is 6.35. The van der Waals surface area contributed by atoms with E-state index in [-0.39, 0.29) is 30.6 Å². The molecule has 0 radical (unpaired) electrons. The molecule has 1 aromatic heterocycles. The molecule has 0 bridgehead atoms. The van der Waals surface area contributed by atoms with Gasteiger partial charge in [-0.3, -0.25) is 4.98 Å². The zero-order valence-corrected chi connectivity index (χ0v) is 19.0. The van der Waals surface area contributed by atoms with E-state index in [1.807, 2.05) is 30.3 Å². The first-order valence-corrected chi connectivity index (χ1v) is 11.6. The molecule has 9 heteroatoms. The number of fused-ring (bicyclic) bond motifs is 1. The molecule has 3 nitrogen and oxygen atoms in total. The van der Waals surface area contributed by atoms with Crippen LogP contribution in [-0.2, 0) is 25.4 Å². The van der Waals surface area contributed by atoms with Crippen LogP contribution in [-0.4, -0.2) is 11.5 Å². The average Bonchev–Trinajstić information content (AvgIpc) is 3.61. The minimum absolute atomic E-state index is 0.0843. The molecule has 0 aliphatic heterocycles. The predicted molar refractivity (Wildman–Crippen MR) is 122 cm³/mol. The minimum atomic E-state index is -4.87. The Morgan fingerprint density at radius 3 is 2.17 bits per heavy atom. The fourth-order valence-corrected chi connectivity index (χ4v) is 4.46. The van der Waals surface area contributed by atoms with Gasteiger partial charge in [-0.1, -0.05) is 31.0 Å². The molecular formula is C26H27F6N3. The van der Waals surface area contributed by atoms with E-state index in [4.69, 9.17) is 10.7 Å². The second kappa shape index (κ2) is 10.1. The van der Waals surface area contributed by atoms with Crippen molar-refractivity contribution in [2.45, 2.75) is 57.0 Å². The van der Waals surface area contributed by atoms with Crippen molar-refractivity contribution < 1.29 is 26.3 Å². The van der Waals surface area contributed by atoms with Gasteiger partial charge in [0, 0.05) is 30.1 Å². The number of hydrogen-bond acceptors (Lipinski definition) is 3. The lowest BCUT2D eigenvalue weighted by Gasteiger charge is -2.20. The number of alkyl halides is 6. The number of nitrogens with two attached hydrogens (primary N) is 1. The SMILES string of the molecule is NCCC(CC1CC1)c1nc2ccccc2cc1CNCc1cc(C(F)(F)F)cc(C(F)(F)F)c1. The molecular weight excluding hydrogens is 468 g/mol. The topological polar surface area (TPSA) is 50.9 Å². The molecule has 3 aromatic rings. The molecule has 2 aromatic carbocycles. The lowest BCUT2D eigenvalue weighted by Crippen LogP contribution is -2.19. The number of halogens is 6. The fraction of sp³-hybridized carbons (Fsp3) is 0.423. The molecule has 3 N–H and O–H groups in total. The average molecular weight is 496 g/mol. The van der Waals surface area contributed by atoms with Gasteiger partial charge in [-0.2, -0.15) is 26.3 Å². The first-order valence-electron chi connectivity index (χ1n) is 11.6. The highest BCUT2D eigenvalue weighted by molar-refractivity contribution is 5.79. The second-order valence-corrected chi connectivity index (χ2v) is 9.20. The zero-order chi connectivity index (χ0) is 25.2. The number of pyridine rings is 1. The van der Waals surface area contributed by atoms with E-state index in [2.05, 4.69) is 5.32 Å². The Bertz CT molecular complexity index is 1140. The highest BCUT2D eigenvalue weighted by atomic mass is 19.4. The highest BCUT2D eigenvalue weighted by Crippen LogP contribution is 2.41. The van der Waals surface area contributed by atoms with E-state index in [9.17, 15) is 26.3 Å². The van der Waals surface area contributed by atoms with Gasteiger partial charge in [0.1, 0.15) is 0 Å². The van der Waals surface area contributed by atoms with E-state index in [1.165, 1.54) is 12.8 Å². The van der Waals surface area contributed by atoms with Crippen LogP contribution in [0, 0.1) is 5.92 Å². The highest BCUT2D eigenvalue weighted by Gasteiger charge is 2.37. The summed E-state index contributed by atoms with van der Waals surface area (Å²) in [5.41, 5.74) is 5.78. The van der Waals surface area contributed by atoms with Crippen molar-refractivity contribution in [1.82, 2.24) is 10.3 Å². The van der Waals surface area contributed by atoms with E-state index >= 15 is 0 Å². The van der Waals surface area contributed by atoms with Crippen LogP contribution >= 0.6 is 0 Å². The van der Waals surface area contributed by atoms with Crippen molar-refractivity contribution >= 4 is 10.9 Å². The Morgan fingerprint density at radius 2 is 1.57 bits per heavy atom. The van der Waals surface area contributed by atoms with Crippen LogP contribution in [0.2, 0.25) is 0 Å². The van der Waals surface area contributed by atoms with Gasteiger partial charge in [0.05, 0.1) is 16.6 Å². The number of nitrogens with zero attached hydrogens (tertiary/aromatic N) is 1. The molecule has 188 valence electrons. The lowest BCUT2D eigenvalue weighted by molar-refractivity contribution is -0.143. The number of para-hydroxylation sites is 1. The van der Waals surface area contributed by atoms with Gasteiger partial charge < -0.3 is 11.1 Å². The summed E-state index contributed by atoms with van der Waals surface area (Å²) in [5, 5.41) is 3.96. The third-order valence-corrected chi connectivity index (χ3v) is 6.35. The van der Waals surface area contributed by atoms with E-state index in [0.29, 0.717) is 12.5 Å². The first-order chi connectivity index (χ1) is 16.5. The normalized spacial score (nSPS) is 15.5. The van der Waals surface area contributed by atoms with Gasteiger partial charge in [0.15, 0.2) is 0 Å². The fourth-order valence-electron chi connectivity index (χ4n) is 4.46. The number of aromatic nitrogens is 1.